The Balaban J connectivity index is 0.000000373. The third-order valence-corrected chi connectivity index (χ3v) is 33.6. The molecule has 2 aromatic rings. The molecule has 6 saturated heterocycles. The second-order valence-electron chi connectivity index (χ2n) is 51.4. The SMILES string of the molecule is CCCCC(Cc1cc(C(C)(C)C)c(O)c(C(C)(C)C)c1)(C(=O)OC1CC(C)(CC)NC(C)(CC)C1C)C(=O)OC1CC(C)(CC)NC(C)(CC)C1C.CN1C(C)(C)CC(OC(=O)CC(C(=O)OC2CC(C)(C)N(C)C(C)(C)C2)C(Cc2cc(C(C)(C)C)c(O)c(C(C)(C)C)c2)(C(=O)OC2CC(C)(C)N(C)C(C)(C)C2)C(=O)OC2CC(C)(C)N(C)C(C)(C)C2)CC1(C)C. The van der Waals surface area contributed by atoms with Crippen LogP contribution in [0, 0.1) is 28.6 Å². The van der Waals surface area contributed by atoms with Crippen LogP contribution in [0.2, 0.25) is 0 Å². The van der Waals surface area contributed by atoms with Crippen LogP contribution in [0.3, 0.4) is 0 Å². The van der Waals surface area contributed by atoms with E-state index < -0.39 is 127 Å². The summed E-state index contributed by atoms with van der Waals surface area (Å²) in [4.78, 5) is 104. The zero-order chi connectivity index (χ0) is 98.2. The number of nitrogens with zero attached hydrogens (tertiary/aromatic N) is 4. The number of hydrogen-bond donors (Lipinski definition) is 4. The zero-order valence-corrected chi connectivity index (χ0v) is 89.2. The standard InChI is InChI=1S/C62H106N4O9.C46H80N2O5/c1-52(2,3)44-27-39(28-45(48(44)68)53(4,5)6)30-62(50(70)74-42-35-58(15,16)65(25)59(17,18)36-42,51(71)75-43-37-60(19,20)66(26)61(21,22)38-43)46(49(69)73-41-33-56(11,12)64(24)57(13,14)34-41)29-47(67)72-40-31-54(7,8)63(23)55(9,10)32-40;1-18-23-24-46(27-32-25-33(40(8,9)10)37(49)34(26-32)41(11,12)13,38(50)52-35-28-42(14,19-2)47-44(16,21-4)30(35)6)39(51)53-36-29-43(15,20-3)48-45(17,22-5)31(36)7/h27-28,40-43,46,68H,29-38H2,1-26H3;25-26,30-31,35-36,47-49H,18-24,27-29H2,1-17H3. The van der Waals surface area contributed by atoms with E-state index in [0.29, 0.717) is 93.7 Å². The maximum absolute atomic E-state index is 16.6. The molecule has 6 aliphatic rings. The maximum atomic E-state index is 16.6. The summed E-state index contributed by atoms with van der Waals surface area (Å²) in [7, 11) is 8.31. The van der Waals surface area contributed by atoms with Crippen molar-refractivity contribution in [3.8, 4) is 11.5 Å². The number of phenolic OH excluding ortho intramolecular Hbond substituents is 2. The van der Waals surface area contributed by atoms with Crippen molar-refractivity contribution < 1.29 is 67.4 Å². The number of rotatable bonds is 25. The van der Waals surface area contributed by atoms with Gasteiger partial charge >= 0.3 is 35.8 Å². The molecule has 732 valence electrons. The minimum Gasteiger partial charge on any atom is -0.507 e. The summed E-state index contributed by atoms with van der Waals surface area (Å²) in [6.45, 7) is 82.6. The summed E-state index contributed by atoms with van der Waals surface area (Å²) in [6.07, 6.45) is 6.36. The largest absolute Gasteiger partial charge is 0.507 e. The summed E-state index contributed by atoms with van der Waals surface area (Å²) in [5, 5.41) is 31.5. The van der Waals surface area contributed by atoms with Gasteiger partial charge in [-0.05, 0) is 260 Å². The molecule has 20 heteroatoms. The molecule has 0 aliphatic carbocycles. The minimum atomic E-state index is -2.49. The fourth-order valence-electron chi connectivity index (χ4n) is 23.1. The molecule has 2 aromatic carbocycles. The molecule has 8 rings (SSSR count). The van der Waals surface area contributed by atoms with E-state index >= 15 is 28.8 Å². The lowest BCUT2D eigenvalue weighted by Gasteiger charge is -2.54. The first-order valence-corrected chi connectivity index (χ1v) is 49.3. The average Bonchev–Trinajstić information content (AvgIpc) is 0.737. The fourth-order valence-corrected chi connectivity index (χ4v) is 23.1. The Labute approximate surface area is 778 Å². The van der Waals surface area contributed by atoms with Gasteiger partial charge in [0.15, 0.2) is 10.8 Å². The van der Waals surface area contributed by atoms with Gasteiger partial charge in [-0.1, -0.05) is 169 Å². The van der Waals surface area contributed by atoms with E-state index in [1.807, 2.05) is 65.8 Å². The van der Waals surface area contributed by atoms with Crippen molar-refractivity contribution in [1.82, 2.24) is 30.2 Å². The van der Waals surface area contributed by atoms with Crippen molar-refractivity contribution in [3.63, 3.8) is 0 Å². The van der Waals surface area contributed by atoms with Gasteiger partial charge in [0.1, 0.15) is 48.1 Å². The van der Waals surface area contributed by atoms with Crippen LogP contribution in [-0.2, 0) is 91.7 Å². The molecule has 0 aromatic heterocycles. The number of hydrogen-bond acceptors (Lipinski definition) is 20. The molecule has 0 saturated carbocycles. The zero-order valence-electron chi connectivity index (χ0n) is 89.2. The molecule has 6 heterocycles. The van der Waals surface area contributed by atoms with Gasteiger partial charge in [0.2, 0.25) is 0 Å². The lowest BCUT2D eigenvalue weighted by molar-refractivity contribution is -0.201. The van der Waals surface area contributed by atoms with Crippen LogP contribution in [0.5, 0.6) is 11.5 Å². The van der Waals surface area contributed by atoms with Gasteiger partial charge in [-0.25, -0.2) is 0 Å². The van der Waals surface area contributed by atoms with Crippen LogP contribution < -0.4 is 10.6 Å². The van der Waals surface area contributed by atoms with Gasteiger partial charge < -0.3 is 49.3 Å². The number of esters is 6. The minimum absolute atomic E-state index is 0.0320. The van der Waals surface area contributed by atoms with Gasteiger partial charge in [-0.3, -0.25) is 48.4 Å². The van der Waals surface area contributed by atoms with Crippen LogP contribution in [0.4, 0.5) is 0 Å². The number of piperidine rings is 6. The van der Waals surface area contributed by atoms with Gasteiger partial charge in [-0.2, -0.15) is 0 Å². The fraction of sp³-hybridized carbons (Fsp3) is 0.833. The number of carbonyl (C=O) groups is 6. The third kappa shape index (κ3) is 23.7. The topological polar surface area (TPSA) is 235 Å². The lowest BCUT2D eigenvalue weighted by atomic mass is 9.67. The van der Waals surface area contributed by atoms with E-state index in [9.17, 15) is 10.2 Å². The van der Waals surface area contributed by atoms with Crippen molar-refractivity contribution in [2.75, 3.05) is 28.2 Å². The number of nitrogens with one attached hydrogen (secondary N) is 2. The third-order valence-electron chi connectivity index (χ3n) is 33.6. The second kappa shape index (κ2) is 38.1. The monoisotopic (exact) mass is 1790 g/mol. The van der Waals surface area contributed by atoms with Crippen molar-refractivity contribution in [2.24, 2.45) is 28.6 Å². The van der Waals surface area contributed by atoms with Gasteiger partial charge in [0.25, 0.3) is 0 Å². The molecular formula is C108H186N6O14. The van der Waals surface area contributed by atoms with Gasteiger partial charge in [-0.15, -0.1) is 0 Å². The van der Waals surface area contributed by atoms with Crippen LogP contribution in [0.15, 0.2) is 24.3 Å². The van der Waals surface area contributed by atoms with E-state index in [4.69, 9.17) is 28.4 Å². The first kappa shape index (κ1) is 110. The average molecular weight is 1790 g/mol. The molecule has 128 heavy (non-hydrogen) atoms. The van der Waals surface area contributed by atoms with Crippen LogP contribution in [0.1, 0.15) is 419 Å². The summed E-state index contributed by atoms with van der Waals surface area (Å²) >= 11 is 0. The Morgan fingerprint density at radius 1 is 0.383 bits per heavy atom. The summed E-state index contributed by atoms with van der Waals surface area (Å²) in [6, 6.07) is 7.71. The van der Waals surface area contributed by atoms with Crippen molar-refractivity contribution in [2.45, 2.75) is 523 Å². The molecule has 4 N–H and O–H groups in total. The summed E-state index contributed by atoms with van der Waals surface area (Å²) in [5.41, 5.74) is -5.86. The molecule has 0 radical (unpaired) electrons. The Bertz CT molecular complexity index is 4000. The van der Waals surface area contributed by atoms with Crippen LogP contribution >= 0.6 is 0 Å². The number of benzene rings is 2. The Morgan fingerprint density at radius 3 is 0.906 bits per heavy atom. The highest BCUT2D eigenvalue weighted by Gasteiger charge is 2.64. The molecule has 20 nitrogen and oxygen atoms in total. The molecule has 6 aliphatic heterocycles. The number of likely N-dealkylation sites (tertiary alicyclic amines) is 4. The molecule has 0 spiro atoms. The molecular weight excluding hydrogens is 1610 g/mol. The molecule has 9 atom stereocenters. The van der Waals surface area contributed by atoms with E-state index in [1.54, 1.807) is 0 Å². The number of ether oxygens (including phenoxy) is 6. The van der Waals surface area contributed by atoms with E-state index in [1.165, 1.54) is 0 Å². The second-order valence-corrected chi connectivity index (χ2v) is 51.4. The first-order chi connectivity index (χ1) is 57.7. The van der Waals surface area contributed by atoms with E-state index in [0.717, 1.165) is 48.8 Å². The number of phenols is 2. The predicted octanol–water partition coefficient (Wildman–Crippen LogP) is 21.8. The van der Waals surface area contributed by atoms with Crippen LogP contribution in [-0.4, -0.2) is 197 Å². The molecule has 0 bridgehead atoms. The summed E-state index contributed by atoms with van der Waals surface area (Å²) in [5.74, 6) is -5.71. The Hall–Kier alpha value is -5.38. The number of unbranched alkanes of at least 4 members (excludes halogenated alkanes) is 1. The van der Waals surface area contributed by atoms with Crippen LogP contribution in [0.25, 0.3) is 0 Å². The van der Waals surface area contributed by atoms with Gasteiger partial charge in [0.05, 0.1) is 12.3 Å². The van der Waals surface area contributed by atoms with E-state index in [-0.39, 0.29) is 92.4 Å². The Morgan fingerprint density at radius 2 is 0.648 bits per heavy atom. The normalized spacial score (nSPS) is 28.7. The highest BCUT2D eigenvalue weighted by Crippen LogP contribution is 2.53. The smallest absolute Gasteiger partial charge is 0.325 e. The highest BCUT2D eigenvalue weighted by molar-refractivity contribution is 6.05. The van der Waals surface area contributed by atoms with Gasteiger partial charge in [0, 0.05) is 149 Å². The van der Waals surface area contributed by atoms with Crippen molar-refractivity contribution in [3.05, 3.63) is 57.6 Å². The first-order valence-electron chi connectivity index (χ1n) is 49.3. The van der Waals surface area contributed by atoms with E-state index in [2.05, 4.69) is 287 Å². The predicted molar refractivity (Wildman–Crippen MR) is 519 cm³/mol. The maximum Gasteiger partial charge on any atom is 0.325 e. The number of carbonyl (C=O) groups excluding carboxylic acids is 6. The molecule has 9 unspecified atom stereocenters. The molecule has 6 fully saturated rings. The van der Waals surface area contributed by atoms with Crippen molar-refractivity contribution in [1.29, 1.82) is 0 Å². The number of aromatic hydroxyl groups is 2. The van der Waals surface area contributed by atoms with Crippen molar-refractivity contribution >= 4 is 35.8 Å². The highest BCUT2D eigenvalue weighted by atomic mass is 16.6. The summed E-state index contributed by atoms with van der Waals surface area (Å²) < 4.78 is 40.6. The molecule has 0 amide bonds. The lowest BCUT2D eigenvalue weighted by Crippen LogP contribution is -2.67. The quantitative estimate of drug-likeness (QED) is 0.0411. The Kier molecular flexibility index (Phi) is 32.6.